The second-order valence-electron chi connectivity index (χ2n) is 10.2. The first-order valence-electron chi connectivity index (χ1n) is 13.7. The minimum Gasteiger partial charge on any atom is -0.462 e. The van der Waals surface area contributed by atoms with Gasteiger partial charge in [0.2, 0.25) is 0 Å². The van der Waals surface area contributed by atoms with Crippen LogP contribution in [0.5, 0.6) is 0 Å². The Kier molecular flexibility index (Phi) is 10.9. The van der Waals surface area contributed by atoms with Gasteiger partial charge in [-0.3, -0.25) is 4.79 Å². The van der Waals surface area contributed by atoms with E-state index >= 15 is 0 Å². The van der Waals surface area contributed by atoms with Crippen LogP contribution in [-0.4, -0.2) is 35.0 Å². The van der Waals surface area contributed by atoms with Crippen LogP contribution in [-0.2, 0) is 16.0 Å². The van der Waals surface area contributed by atoms with Crippen LogP contribution in [0.15, 0.2) is 59.8 Å². The molecule has 0 bridgehead atoms. The number of rotatable bonds is 12. The van der Waals surface area contributed by atoms with Crippen molar-refractivity contribution in [2.75, 3.05) is 18.5 Å². The van der Waals surface area contributed by atoms with Gasteiger partial charge in [-0.15, -0.1) is 0 Å². The molecular formula is C31H41N3O3S. The van der Waals surface area contributed by atoms with Gasteiger partial charge >= 0.3 is 5.97 Å². The Morgan fingerprint density at radius 3 is 2.32 bits per heavy atom. The number of ether oxygens (including phenoxy) is 1. The van der Waals surface area contributed by atoms with Crippen LogP contribution in [0.2, 0.25) is 0 Å². The average Bonchev–Trinajstić information content (AvgIpc) is 2.90. The summed E-state index contributed by atoms with van der Waals surface area (Å²) in [5.74, 6) is -0.261. The van der Waals surface area contributed by atoms with Crippen molar-refractivity contribution in [3.8, 4) is 0 Å². The Morgan fingerprint density at radius 2 is 1.71 bits per heavy atom. The van der Waals surface area contributed by atoms with Gasteiger partial charge in [0.15, 0.2) is 5.11 Å². The van der Waals surface area contributed by atoms with E-state index in [1.807, 2.05) is 81.1 Å². The van der Waals surface area contributed by atoms with Crippen LogP contribution >= 0.6 is 12.2 Å². The van der Waals surface area contributed by atoms with Crippen molar-refractivity contribution in [3.63, 3.8) is 0 Å². The number of nitrogens with zero attached hydrogens (tertiary/aromatic N) is 1. The van der Waals surface area contributed by atoms with Crippen molar-refractivity contribution >= 4 is 34.9 Å². The van der Waals surface area contributed by atoms with Crippen molar-refractivity contribution in [1.29, 1.82) is 0 Å². The number of thiocarbonyl (C=S) groups is 1. The first-order valence-corrected chi connectivity index (χ1v) is 14.1. The van der Waals surface area contributed by atoms with Crippen LogP contribution in [0.1, 0.15) is 87.8 Å². The smallest absolute Gasteiger partial charge is 0.338 e. The standard InChI is InChI=1S/C31H41N3O3S/c1-6-8-9-10-11-23-12-14-25(15-13-23)29(35)32-26-18-16-24(17-19-26)28-27(30(36)37-20-21(3)4)22(5)34(7-2)31(38)33-28/h12-19,21,28H,6-11,20H2,1-5H3,(H,32,35)(H,33,38). The van der Waals surface area contributed by atoms with Gasteiger partial charge < -0.3 is 20.3 Å². The molecule has 1 aliphatic rings. The van der Waals surface area contributed by atoms with E-state index in [0.717, 1.165) is 17.7 Å². The first-order chi connectivity index (χ1) is 18.2. The predicted octanol–water partition coefficient (Wildman–Crippen LogP) is 6.79. The number of hydrogen-bond acceptors (Lipinski definition) is 4. The third-order valence-corrected chi connectivity index (χ3v) is 7.06. The molecule has 0 aromatic heterocycles. The minimum atomic E-state index is -0.431. The molecule has 2 aromatic carbocycles. The van der Waals surface area contributed by atoms with Crippen LogP contribution in [0, 0.1) is 5.92 Å². The number of hydrogen-bond donors (Lipinski definition) is 2. The minimum absolute atomic E-state index is 0.153. The van der Waals surface area contributed by atoms with Crippen molar-refractivity contribution in [2.45, 2.75) is 72.8 Å². The van der Waals surface area contributed by atoms with E-state index in [0.29, 0.717) is 35.1 Å². The topological polar surface area (TPSA) is 70.7 Å². The summed E-state index contributed by atoms with van der Waals surface area (Å²) in [4.78, 5) is 27.8. The molecule has 0 radical (unpaired) electrons. The summed E-state index contributed by atoms with van der Waals surface area (Å²) in [6.45, 7) is 11.1. The van der Waals surface area contributed by atoms with Gasteiger partial charge in [0.25, 0.3) is 5.91 Å². The molecule has 7 heteroatoms. The molecule has 1 atom stereocenters. The maximum atomic E-state index is 13.1. The highest BCUT2D eigenvalue weighted by Crippen LogP contribution is 2.32. The molecule has 3 rings (SSSR count). The number of aryl methyl sites for hydroxylation is 1. The van der Waals surface area contributed by atoms with Gasteiger partial charge in [-0.2, -0.15) is 0 Å². The number of carbonyl (C=O) groups is 2. The molecule has 38 heavy (non-hydrogen) atoms. The first kappa shape index (κ1) is 29.4. The van der Waals surface area contributed by atoms with Gasteiger partial charge in [-0.1, -0.05) is 64.3 Å². The van der Waals surface area contributed by atoms with Gasteiger partial charge in [0.1, 0.15) is 0 Å². The summed E-state index contributed by atoms with van der Waals surface area (Å²) in [5, 5.41) is 6.85. The number of anilines is 1. The van der Waals surface area contributed by atoms with E-state index in [9.17, 15) is 9.59 Å². The lowest BCUT2D eigenvalue weighted by Crippen LogP contribution is -2.47. The Balaban J connectivity index is 1.71. The lowest BCUT2D eigenvalue weighted by Gasteiger charge is -2.37. The normalized spacial score (nSPS) is 15.5. The second-order valence-corrected chi connectivity index (χ2v) is 10.6. The number of amides is 1. The number of benzene rings is 2. The maximum absolute atomic E-state index is 13.1. The molecule has 204 valence electrons. The number of unbranched alkanes of at least 4 members (excludes halogenated alkanes) is 3. The van der Waals surface area contributed by atoms with Crippen LogP contribution in [0.4, 0.5) is 5.69 Å². The molecule has 0 saturated carbocycles. The van der Waals surface area contributed by atoms with Gasteiger partial charge in [0.05, 0.1) is 18.2 Å². The number of esters is 1. The van der Waals surface area contributed by atoms with Crippen LogP contribution in [0.3, 0.4) is 0 Å². The second kappa shape index (κ2) is 14.1. The van der Waals surface area contributed by atoms with Crippen LogP contribution in [0.25, 0.3) is 0 Å². The van der Waals surface area contributed by atoms with E-state index in [-0.39, 0.29) is 17.8 Å². The molecular weight excluding hydrogens is 494 g/mol. The third-order valence-electron chi connectivity index (χ3n) is 6.72. The zero-order valence-corrected chi connectivity index (χ0v) is 24.1. The highest BCUT2D eigenvalue weighted by Gasteiger charge is 2.34. The molecule has 0 spiro atoms. The van der Waals surface area contributed by atoms with E-state index in [1.165, 1.54) is 31.2 Å². The molecule has 2 N–H and O–H groups in total. The Labute approximate surface area is 232 Å². The summed E-state index contributed by atoms with van der Waals surface area (Å²) < 4.78 is 5.60. The fourth-order valence-corrected chi connectivity index (χ4v) is 4.92. The number of nitrogens with one attached hydrogen (secondary N) is 2. The summed E-state index contributed by atoms with van der Waals surface area (Å²) in [6.07, 6.45) is 5.95. The lowest BCUT2D eigenvalue weighted by molar-refractivity contribution is -0.140. The van der Waals surface area contributed by atoms with Crippen molar-refractivity contribution in [2.24, 2.45) is 5.92 Å². The van der Waals surface area contributed by atoms with Crippen molar-refractivity contribution in [3.05, 3.63) is 76.5 Å². The molecule has 2 aromatic rings. The van der Waals surface area contributed by atoms with E-state index in [1.54, 1.807) is 0 Å². The largest absolute Gasteiger partial charge is 0.462 e. The molecule has 0 fully saturated rings. The monoisotopic (exact) mass is 535 g/mol. The Bertz CT molecular complexity index is 1140. The highest BCUT2D eigenvalue weighted by molar-refractivity contribution is 7.80. The van der Waals surface area contributed by atoms with E-state index < -0.39 is 6.04 Å². The third kappa shape index (κ3) is 7.67. The molecule has 0 saturated heterocycles. The van der Waals surface area contributed by atoms with Crippen molar-refractivity contribution in [1.82, 2.24) is 10.2 Å². The quantitative estimate of drug-likeness (QED) is 0.177. The fraction of sp³-hybridized carbons (Fsp3) is 0.452. The Morgan fingerprint density at radius 1 is 1.03 bits per heavy atom. The van der Waals surface area contributed by atoms with Gasteiger partial charge in [0, 0.05) is 23.5 Å². The summed E-state index contributed by atoms with van der Waals surface area (Å²) >= 11 is 5.58. The molecule has 1 heterocycles. The lowest BCUT2D eigenvalue weighted by atomic mass is 9.94. The zero-order valence-electron chi connectivity index (χ0n) is 23.3. The molecule has 6 nitrogen and oxygen atoms in total. The SMILES string of the molecule is CCCCCCc1ccc(C(=O)Nc2ccc(C3NC(=S)N(CC)C(C)=C3C(=O)OCC(C)C)cc2)cc1. The van der Waals surface area contributed by atoms with Gasteiger partial charge in [-0.05, 0) is 80.2 Å². The average molecular weight is 536 g/mol. The van der Waals surface area contributed by atoms with E-state index in [4.69, 9.17) is 17.0 Å². The van der Waals surface area contributed by atoms with Gasteiger partial charge in [-0.25, -0.2) is 4.79 Å². The summed E-state index contributed by atoms with van der Waals surface area (Å²) in [6, 6.07) is 14.9. The molecule has 0 aliphatic carbocycles. The summed E-state index contributed by atoms with van der Waals surface area (Å²) in [5.41, 5.74) is 4.77. The van der Waals surface area contributed by atoms with Crippen LogP contribution < -0.4 is 10.6 Å². The summed E-state index contributed by atoms with van der Waals surface area (Å²) in [7, 11) is 0. The predicted molar refractivity (Wildman–Crippen MR) is 158 cm³/mol. The van der Waals surface area contributed by atoms with E-state index in [2.05, 4.69) is 17.6 Å². The molecule has 1 aliphatic heterocycles. The highest BCUT2D eigenvalue weighted by atomic mass is 32.1. The zero-order chi connectivity index (χ0) is 27.7. The molecule has 1 unspecified atom stereocenters. The van der Waals surface area contributed by atoms with Crippen molar-refractivity contribution < 1.29 is 14.3 Å². The molecule has 1 amide bonds. The number of allylic oxidation sites excluding steroid dienone is 1. The number of carbonyl (C=O) groups excluding carboxylic acids is 2. The maximum Gasteiger partial charge on any atom is 0.338 e. The fourth-order valence-electron chi connectivity index (χ4n) is 4.54. The Hall–Kier alpha value is -3.19.